The van der Waals surface area contributed by atoms with Crippen molar-refractivity contribution in [1.29, 1.82) is 0 Å². The van der Waals surface area contributed by atoms with Crippen LogP contribution >= 0.6 is 11.3 Å². The first-order valence-corrected chi connectivity index (χ1v) is 7.55. The molecular formula is C15H20N2O3S. The molecule has 2 N–H and O–H groups in total. The molecule has 0 fully saturated rings. The summed E-state index contributed by atoms with van der Waals surface area (Å²) in [5.41, 5.74) is 0.935. The van der Waals surface area contributed by atoms with E-state index in [1.54, 1.807) is 13.1 Å². The van der Waals surface area contributed by atoms with Crippen LogP contribution in [0.1, 0.15) is 33.5 Å². The van der Waals surface area contributed by atoms with Crippen LogP contribution in [0.2, 0.25) is 0 Å². The molecule has 0 aliphatic heterocycles. The minimum absolute atomic E-state index is 0.0267. The van der Waals surface area contributed by atoms with Gasteiger partial charge in [0.15, 0.2) is 0 Å². The van der Waals surface area contributed by atoms with Gasteiger partial charge < -0.3 is 15.3 Å². The van der Waals surface area contributed by atoms with Gasteiger partial charge in [-0.15, -0.1) is 11.3 Å². The summed E-state index contributed by atoms with van der Waals surface area (Å²) in [6.07, 6.45) is 0.415. The van der Waals surface area contributed by atoms with Crippen LogP contribution in [-0.2, 0) is 4.79 Å². The fourth-order valence-electron chi connectivity index (χ4n) is 1.65. The molecule has 2 amide bonds. The van der Waals surface area contributed by atoms with Crippen LogP contribution in [0.5, 0.6) is 0 Å². The molecule has 5 nitrogen and oxygen atoms in total. The maximum Gasteiger partial charge on any atom is 0.264 e. The van der Waals surface area contributed by atoms with Crippen molar-refractivity contribution in [2.75, 3.05) is 26.7 Å². The van der Waals surface area contributed by atoms with Crippen molar-refractivity contribution in [3.05, 3.63) is 21.4 Å². The highest BCUT2D eigenvalue weighted by Crippen LogP contribution is 2.22. The number of hydrogen-bond acceptors (Lipinski definition) is 4. The highest BCUT2D eigenvalue weighted by Gasteiger charge is 2.19. The molecule has 1 aromatic rings. The fourth-order valence-corrected chi connectivity index (χ4v) is 2.66. The summed E-state index contributed by atoms with van der Waals surface area (Å²) in [4.78, 5) is 26.7. The average Bonchev–Trinajstić information content (AvgIpc) is 2.85. The van der Waals surface area contributed by atoms with Gasteiger partial charge in [0.05, 0.1) is 22.9 Å². The SMILES string of the molecule is CCN(CC(=O)NC)C(=O)c1cc(C)c(C#CCCO)s1. The molecule has 1 heterocycles. The van der Waals surface area contributed by atoms with Crippen molar-refractivity contribution in [2.45, 2.75) is 20.3 Å². The first-order valence-electron chi connectivity index (χ1n) is 6.73. The van der Waals surface area contributed by atoms with Crippen molar-refractivity contribution in [1.82, 2.24) is 10.2 Å². The molecule has 0 radical (unpaired) electrons. The van der Waals surface area contributed by atoms with Crippen molar-refractivity contribution in [3.8, 4) is 11.8 Å². The van der Waals surface area contributed by atoms with Crippen molar-refractivity contribution >= 4 is 23.2 Å². The normalized spacial score (nSPS) is 9.71. The maximum absolute atomic E-state index is 12.4. The Morgan fingerprint density at radius 2 is 2.19 bits per heavy atom. The molecule has 6 heteroatoms. The maximum atomic E-state index is 12.4. The monoisotopic (exact) mass is 308 g/mol. The van der Waals surface area contributed by atoms with Gasteiger partial charge in [0.25, 0.3) is 5.91 Å². The summed E-state index contributed by atoms with van der Waals surface area (Å²) in [6.45, 7) is 4.27. The molecule has 0 aliphatic rings. The Balaban J connectivity index is 2.89. The number of carbonyl (C=O) groups is 2. The smallest absolute Gasteiger partial charge is 0.264 e. The first-order chi connectivity index (χ1) is 10.0. The van der Waals surface area contributed by atoms with Gasteiger partial charge >= 0.3 is 0 Å². The van der Waals surface area contributed by atoms with E-state index in [0.29, 0.717) is 17.8 Å². The van der Waals surface area contributed by atoms with Crippen molar-refractivity contribution in [3.63, 3.8) is 0 Å². The molecule has 0 aliphatic carbocycles. The molecular weight excluding hydrogens is 288 g/mol. The number of hydrogen-bond donors (Lipinski definition) is 2. The summed E-state index contributed by atoms with van der Waals surface area (Å²) < 4.78 is 0. The quantitative estimate of drug-likeness (QED) is 0.797. The Morgan fingerprint density at radius 3 is 2.76 bits per heavy atom. The number of carbonyl (C=O) groups excluding carboxylic acids is 2. The number of aliphatic hydroxyl groups is 1. The number of likely N-dealkylation sites (N-methyl/N-ethyl adjacent to an activating group) is 2. The van der Waals surface area contributed by atoms with Crippen LogP contribution < -0.4 is 5.32 Å². The van der Waals surface area contributed by atoms with Gasteiger partial charge in [0.1, 0.15) is 0 Å². The van der Waals surface area contributed by atoms with E-state index < -0.39 is 0 Å². The zero-order valence-corrected chi connectivity index (χ0v) is 13.3. The predicted octanol–water partition coefficient (Wildman–Crippen LogP) is 0.999. The molecule has 0 unspecified atom stereocenters. The lowest BCUT2D eigenvalue weighted by molar-refractivity contribution is -0.121. The summed E-state index contributed by atoms with van der Waals surface area (Å²) in [5, 5.41) is 11.2. The first kappa shape index (κ1) is 17.2. The van der Waals surface area contributed by atoms with Gasteiger partial charge in [0, 0.05) is 20.0 Å². The van der Waals surface area contributed by atoms with Crippen LogP contribution in [0.4, 0.5) is 0 Å². The lowest BCUT2D eigenvalue weighted by Gasteiger charge is -2.18. The number of nitrogens with zero attached hydrogens (tertiary/aromatic N) is 1. The highest BCUT2D eigenvalue weighted by atomic mass is 32.1. The van der Waals surface area contributed by atoms with Crippen molar-refractivity contribution in [2.24, 2.45) is 0 Å². The van der Waals surface area contributed by atoms with Crippen LogP contribution in [0.3, 0.4) is 0 Å². The number of aliphatic hydroxyl groups excluding tert-OH is 1. The molecule has 0 atom stereocenters. The van der Waals surface area contributed by atoms with E-state index in [2.05, 4.69) is 17.2 Å². The van der Waals surface area contributed by atoms with Gasteiger partial charge in [-0.1, -0.05) is 11.8 Å². The number of amides is 2. The second-order valence-electron chi connectivity index (χ2n) is 4.39. The lowest BCUT2D eigenvalue weighted by atomic mass is 10.2. The third-order valence-corrected chi connectivity index (χ3v) is 3.99. The molecule has 21 heavy (non-hydrogen) atoms. The summed E-state index contributed by atoms with van der Waals surface area (Å²) in [5.74, 6) is 5.45. The largest absolute Gasteiger partial charge is 0.395 e. The Labute approximate surface area is 129 Å². The summed E-state index contributed by atoms with van der Waals surface area (Å²) in [7, 11) is 1.55. The third-order valence-electron chi connectivity index (χ3n) is 2.85. The average molecular weight is 308 g/mol. The van der Waals surface area contributed by atoms with E-state index >= 15 is 0 Å². The number of nitrogens with one attached hydrogen (secondary N) is 1. The molecule has 0 spiro atoms. The van der Waals surface area contributed by atoms with Gasteiger partial charge in [-0.2, -0.15) is 0 Å². The standard InChI is InChI=1S/C15H20N2O3S/c1-4-17(10-14(19)16-3)15(20)13-9-11(2)12(21-13)7-5-6-8-18/h9,18H,4,6,8,10H2,1-3H3,(H,16,19). The van der Waals surface area contributed by atoms with Gasteiger partial charge in [-0.3, -0.25) is 9.59 Å². The zero-order valence-electron chi connectivity index (χ0n) is 12.5. The molecule has 0 saturated heterocycles. The van der Waals surface area contributed by atoms with Crippen LogP contribution in [0.15, 0.2) is 6.07 Å². The summed E-state index contributed by atoms with van der Waals surface area (Å²) >= 11 is 1.32. The highest BCUT2D eigenvalue weighted by molar-refractivity contribution is 7.14. The zero-order chi connectivity index (χ0) is 15.8. The van der Waals surface area contributed by atoms with E-state index in [9.17, 15) is 9.59 Å². The minimum atomic E-state index is -0.193. The lowest BCUT2D eigenvalue weighted by Crippen LogP contribution is -2.39. The van der Waals surface area contributed by atoms with E-state index in [0.717, 1.165) is 10.4 Å². The van der Waals surface area contributed by atoms with E-state index in [-0.39, 0.29) is 25.0 Å². The third kappa shape index (κ3) is 4.88. The molecule has 0 bridgehead atoms. The number of rotatable bonds is 5. The Kier molecular flexibility index (Phi) is 6.92. The van der Waals surface area contributed by atoms with Crippen LogP contribution in [-0.4, -0.2) is 48.6 Å². The molecule has 114 valence electrons. The predicted molar refractivity (Wildman–Crippen MR) is 83.3 cm³/mol. The van der Waals surface area contributed by atoms with Crippen LogP contribution in [0, 0.1) is 18.8 Å². The Morgan fingerprint density at radius 1 is 1.48 bits per heavy atom. The second kappa shape index (κ2) is 8.45. The number of aryl methyl sites for hydroxylation is 1. The van der Waals surface area contributed by atoms with Gasteiger partial charge in [-0.25, -0.2) is 0 Å². The molecule has 1 rings (SSSR count). The van der Waals surface area contributed by atoms with Gasteiger partial charge in [0.2, 0.25) is 5.91 Å². The van der Waals surface area contributed by atoms with Gasteiger partial charge in [-0.05, 0) is 25.5 Å². The van der Waals surface area contributed by atoms with Crippen LogP contribution in [0.25, 0.3) is 0 Å². The minimum Gasteiger partial charge on any atom is -0.395 e. The molecule has 1 aromatic heterocycles. The fraction of sp³-hybridized carbons (Fsp3) is 0.467. The Bertz CT molecular complexity index is 569. The Hall–Kier alpha value is -1.84. The van der Waals surface area contributed by atoms with E-state index in [4.69, 9.17) is 5.11 Å². The van der Waals surface area contributed by atoms with Crippen molar-refractivity contribution < 1.29 is 14.7 Å². The summed E-state index contributed by atoms with van der Waals surface area (Å²) in [6, 6.07) is 1.79. The van der Waals surface area contributed by atoms with E-state index in [1.165, 1.54) is 16.2 Å². The number of thiophene rings is 1. The molecule has 0 aromatic carbocycles. The van der Waals surface area contributed by atoms with E-state index in [1.807, 2.05) is 13.8 Å². The topological polar surface area (TPSA) is 69.6 Å². The second-order valence-corrected chi connectivity index (χ2v) is 5.44. The molecule has 0 saturated carbocycles.